The number of anilines is 1. The van der Waals surface area contributed by atoms with E-state index in [1.54, 1.807) is 12.1 Å². The average Bonchev–Trinajstić information content (AvgIpc) is 2.84. The van der Waals surface area contributed by atoms with Gasteiger partial charge in [0.05, 0.1) is 6.54 Å². The number of hydrogen-bond acceptors (Lipinski definition) is 2. The fraction of sp³-hybridized carbons (Fsp3) is 0.471. The first-order chi connectivity index (χ1) is 11.0. The van der Waals surface area contributed by atoms with Gasteiger partial charge in [-0.05, 0) is 18.4 Å². The highest BCUT2D eigenvalue weighted by molar-refractivity contribution is 5.48. The van der Waals surface area contributed by atoms with E-state index in [1.807, 2.05) is 32.0 Å². The molecule has 0 amide bonds. The summed E-state index contributed by atoms with van der Waals surface area (Å²) >= 11 is 0. The summed E-state index contributed by atoms with van der Waals surface area (Å²) in [6, 6.07) is 9.08. The normalized spacial score (nSPS) is 11.7. The predicted molar refractivity (Wildman–Crippen MR) is 85.5 cm³/mol. The van der Waals surface area contributed by atoms with E-state index < -0.39 is 11.9 Å². The number of nitrogens with one attached hydrogen (secondary N) is 1. The summed E-state index contributed by atoms with van der Waals surface area (Å²) in [4.78, 5) is 0. The van der Waals surface area contributed by atoms with Crippen molar-refractivity contribution in [2.45, 2.75) is 45.8 Å². The molecule has 0 atom stereocenters. The van der Waals surface area contributed by atoms with Crippen LogP contribution in [0.25, 0.3) is 0 Å². The Hall–Kier alpha value is -1.98. The highest BCUT2D eigenvalue weighted by Gasteiger charge is 2.39. The van der Waals surface area contributed by atoms with Crippen molar-refractivity contribution in [1.29, 1.82) is 0 Å². The van der Waals surface area contributed by atoms with E-state index in [9.17, 15) is 13.2 Å². The molecule has 6 heteroatoms. The molecule has 0 spiro atoms. The van der Waals surface area contributed by atoms with Crippen molar-refractivity contribution in [1.82, 2.24) is 9.78 Å². The second-order valence-electron chi connectivity index (χ2n) is 5.49. The second kappa shape index (κ2) is 7.53. The molecule has 0 aliphatic carbocycles. The molecule has 2 rings (SSSR count). The topological polar surface area (TPSA) is 29.9 Å². The second-order valence-corrected chi connectivity index (χ2v) is 5.49. The Labute approximate surface area is 134 Å². The maximum Gasteiger partial charge on any atom is 0.433 e. The lowest BCUT2D eigenvalue weighted by molar-refractivity contribution is -0.144. The van der Waals surface area contributed by atoms with Crippen LogP contribution in [-0.4, -0.2) is 16.3 Å². The van der Waals surface area contributed by atoms with Crippen molar-refractivity contribution < 1.29 is 13.2 Å². The SMILES string of the molecule is CCCNc1nn(Cc2ccccc2)c(C(F)(F)F)c1CCC. The van der Waals surface area contributed by atoms with Crippen LogP contribution >= 0.6 is 0 Å². The predicted octanol–water partition coefficient (Wildman–Crippen LogP) is 4.72. The van der Waals surface area contributed by atoms with E-state index >= 15 is 0 Å². The smallest absolute Gasteiger partial charge is 0.368 e. The van der Waals surface area contributed by atoms with Gasteiger partial charge < -0.3 is 5.32 Å². The van der Waals surface area contributed by atoms with E-state index in [1.165, 1.54) is 0 Å². The van der Waals surface area contributed by atoms with Crippen molar-refractivity contribution in [2.24, 2.45) is 0 Å². The van der Waals surface area contributed by atoms with Crippen molar-refractivity contribution in [3.05, 3.63) is 47.2 Å². The molecule has 0 fully saturated rings. The van der Waals surface area contributed by atoms with Crippen molar-refractivity contribution in [3.8, 4) is 0 Å². The molecule has 0 aliphatic heterocycles. The van der Waals surface area contributed by atoms with Crippen LogP contribution in [0.1, 0.15) is 43.5 Å². The Kier molecular flexibility index (Phi) is 5.69. The Bertz CT molecular complexity index is 618. The van der Waals surface area contributed by atoms with Gasteiger partial charge in [-0.25, -0.2) is 0 Å². The summed E-state index contributed by atoms with van der Waals surface area (Å²) in [6.45, 7) is 4.56. The molecule has 1 N–H and O–H groups in total. The first-order valence-electron chi connectivity index (χ1n) is 7.92. The molecular weight excluding hydrogens is 303 g/mol. The lowest BCUT2D eigenvalue weighted by Gasteiger charge is -2.12. The molecule has 0 saturated carbocycles. The Balaban J connectivity index is 2.46. The van der Waals surface area contributed by atoms with Crippen LogP contribution in [-0.2, 0) is 19.1 Å². The maximum absolute atomic E-state index is 13.6. The van der Waals surface area contributed by atoms with Gasteiger partial charge in [0.2, 0.25) is 0 Å². The number of aromatic nitrogens is 2. The minimum absolute atomic E-state index is 0.111. The van der Waals surface area contributed by atoms with Gasteiger partial charge in [-0.2, -0.15) is 18.3 Å². The molecule has 126 valence electrons. The molecule has 0 aliphatic rings. The number of nitrogens with zero attached hydrogens (tertiary/aromatic N) is 2. The van der Waals surface area contributed by atoms with Crippen LogP contribution in [0.5, 0.6) is 0 Å². The van der Waals surface area contributed by atoms with E-state index in [0.29, 0.717) is 25.2 Å². The van der Waals surface area contributed by atoms with Gasteiger partial charge in [0.1, 0.15) is 5.69 Å². The Morgan fingerprint density at radius 2 is 1.78 bits per heavy atom. The standard InChI is InChI=1S/C17H22F3N3/c1-3-8-14-15(17(18,19)20)23(22-16(14)21-11-4-2)12-13-9-6-5-7-10-13/h5-7,9-10H,3-4,8,11-12H2,1-2H3,(H,21,22). The molecule has 3 nitrogen and oxygen atoms in total. The van der Waals surface area contributed by atoms with Crippen LogP contribution in [0.4, 0.5) is 19.0 Å². The Morgan fingerprint density at radius 3 is 2.35 bits per heavy atom. The van der Waals surface area contributed by atoms with E-state index in [0.717, 1.165) is 16.7 Å². The third-order valence-corrected chi connectivity index (χ3v) is 3.54. The van der Waals surface area contributed by atoms with Gasteiger partial charge in [-0.1, -0.05) is 50.6 Å². The molecule has 23 heavy (non-hydrogen) atoms. The van der Waals surface area contributed by atoms with Gasteiger partial charge in [0, 0.05) is 12.1 Å². The molecule has 0 unspecified atom stereocenters. The van der Waals surface area contributed by atoms with Gasteiger partial charge in [-0.3, -0.25) is 4.68 Å². The summed E-state index contributed by atoms with van der Waals surface area (Å²) in [5, 5.41) is 7.25. The summed E-state index contributed by atoms with van der Waals surface area (Å²) in [5.41, 5.74) is 0.428. The van der Waals surface area contributed by atoms with E-state index in [4.69, 9.17) is 0 Å². The van der Waals surface area contributed by atoms with Crippen LogP contribution in [0.15, 0.2) is 30.3 Å². The van der Waals surface area contributed by atoms with Crippen LogP contribution in [0.2, 0.25) is 0 Å². The number of rotatable bonds is 7. The molecule has 1 aromatic carbocycles. The number of benzene rings is 1. The van der Waals surface area contributed by atoms with Crippen LogP contribution < -0.4 is 5.32 Å². The zero-order valence-electron chi connectivity index (χ0n) is 13.5. The maximum atomic E-state index is 13.6. The zero-order chi connectivity index (χ0) is 16.9. The fourth-order valence-corrected chi connectivity index (χ4v) is 2.56. The number of hydrogen-bond donors (Lipinski definition) is 1. The summed E-state index contributed by atoms with van der Waals surface area (Å²) in [6.07, 6.45) is -2.59. The van der Waals surface area contributed by atoms with Gasteiger partial charge >= 0.3 is 6.18 Å². The summed E-state index contributed by atoms with van der Waals surface area (Å²) in [5.74, 6) is 0.358. The van der Waals surface area contributed by atoms with Gasteiger partial charge in [0.15, 0.2) is 5.82 Å². The fourth-order valence-electron chi connectivity index (χ4n) is 2.56. The molecule has 1 heterocycles. The number of alkyl halides is 3. The highest BCUT2D eigenvalue weighted by Crippen LogP contribution is 2.36. The molecule has 1 aromatic heterocycles. The minimum Gasteiger partial charge on any atom is -0.368 e. The Morgan fingerprint density at radius 1 is 1.09 bits per heavy atom. The number of halogens is 3. The molecule has 2 aromatic rings. The van der Waals surface area contributed by atoms with E-state index in [2.05, 4.69) is 10.4 Å². The average molecular weight is 325 g/mol. The van der Waals surface area contributed by atoms with Gasteiger partial charge in [-0.15, -0.1) is 0 Å². The van der Waals surface area contributed by atoms with Crippen molar-refractivity contribution >= 4 is 5.82 Å². The summed E-state index contributed by atoms with van der Waals surface area (Å²) in [7, 11) is 0. The molecule has 0 radical (unpaired) electrons. The van der Waals surface area contributed by atoms with E-state index in [-0.39, 0.29) is 12.1 Å². The lowest BCUT2D eigenvalue weighted by atomic mass is 10.1. The summed E-state index contributed by atoms with van der Waals surface area (Å²) < 4.78 is 41.8. The van der Waals surface area contributed by atoms with Crippen LogP contribution in [0.3, 0.4) is 0 Å². The molecule has 0 bridgehead atoms. The van der Waals surface area contributed by atoms with Crippen molar-refractivity contribution in [2.75, 3.05) is 11.9 Å². The first-order valence-corrected chi connectivity index (χ1v) is 7.92. The monoisotopic (exact) mass is 325 g/mol. The molecular formula is C17H22F3N3. The first kappa shape index (κ1) is 17.4. The third kappa shape index (κ3) is 4.27. The van der Waals surface area contributed by atoms with Gasteiger partial charge in [0.25, 0.3) is 0 Å². The largest absolute Gasteiger partial charge is 0.433 e. The molecule has 0 saturated heterocycles. The highest BCUT2D eigenvalue weighted by atomic mass is 19.4. The third-order valence-electron chi connectivity index (χ3n) is 3.54. The lowest BCUT2D eigenvalue weighted by Crippen LogP contribution is -2.17. The van der Waals surface area contributed by atoms with Crippen molar-refractivity contribution in [3.63, 3.8) is 0 Å². The minimum atomic E-state index is -4.42. The quantitative estimate of drug-likeness (QED) is 0.798. The van der Waals surface area contributed by atoms with Crippen LogP contribution in [0, 0.1) is 0 Å². The zero-order valence-corrected chi connectivity index (χ0v) is 13.5.